The smallest absolute Gasteiger partial charge is 0.246 e. The predicted molar refractivity (Wildman–Crippen MR) is 80.0 cm³/mol. The van der Waals surface area contributed by atoms with E-state index in [4.69, 9.17) is 11.6 Å². The second-order valence-electron chi connectivity index (χ2n) is 5.54. The molecular formula is C16H20ClNO. The molecule has 3 heteroatoms. The number of hydrogen-bond donors (Lipinski definition) is 0. The zero-order valence-corrected chi connectivity index (χ0v) is 12.2. The fraction of sp³-hybridized carbons (Fsp3) is 0.438. The summed E-state index contributed by atoms with van der Waals surface area (Å²) in [6, 6.07) is 7.54. The van der Waals surface area contributed by atoms with E-state index in [1.54, 1.807) is 12.2 Å². The number of benzene rings is 1. The van der Waals surface area contributed by atoms with Crippen molar-refractivity contribution < 1.29 is 4.79 Å². The van der Waals surface area contributed by atoms with Crippen molar-refractivity contribution in [3.63, 3.8) is 0 Å². The molecule has 0 spiro atoms. The highest BCUT2D eigenvalue weighted by molar-refractivity contribution is 6.32. The van der Waals surface area contributed by atoms with Gasteiger partial charge in [-0.25, -0.2) is 0 Å². The lowest BCUT2D eigenvalue weighted by Gasteiger charge is -2.34. The van der Waals surface area contributed by atoms with Crippen molar-refractivity contribution in [2.24, 2.45) is 11.8 Å². The van der Waals surface area contributed by atoms with Gasteiger partial charge in [0.25, 0.3) is 0 Å². The van der Waals surface area contributed by atoms with E-state index >= 15 is 0 Å². The molecule has 1 aromatic carbocycles. The van der Waals surface area contributed by atoms with E-state index in [0.29, 0.717) is 16.9 Å². The monoisotopic (exact) mass is 277 g/mol. The molecule has 0 N–H and O–H groups in total. The SMILES string of the molecule is CC1CC(C)CN(C(=O)/C=C/c2ccccc2Cl)C1. The van der Waals surface area contributed by atoms with Gasteiger partial charge in [-0.15, -0.1) is 0 Å². The van der Waals surface area contributed by atoms with Gasteiger partial charge in [-0.1, -0.05) is 43.6 Å². The van der Waals surface area contributed by atoms with Crippen LogP contribution in [-0.2, 0) is 4.79 Å². The number of likely N-dealkylation sites (tertiary alicyclic amines) is 1. The van der Waals surface area contributed by atoms with Crippen molar-refractivity contribution in [2.45, 2.75) is 20.3 Å². The summed E-state index contributed by atoms with van der Waals surface area (Å²) in [7, 11) is 0. The molecule has 1 aromatic rings. The third kappa shape index (κ3) is 3.84. The largest absolute Gasteiger partial charge is 0.339 e. The van der Waals surface area contributed by atoms with Crippen LogP contribution in [0.4, 0.5) is 0 Å². The maximum Gasteiger partial charge on any atom is 0.246 e. The quantitative estimate of drug-likeness (QED) is 0.752. The number of rotatable bonds is 2. The minimum Gasteiger partial charge on any atom is -0.339 e. The Morgan fingerprint density at radius 3 is 2.53 bits per heavy atom. The standard InChI is InChI=1S/C16H20ClNO/c1-12-9-13(2)11-18(10-12)16(19)8-7-14-5-3-4-6-15(14)17/h3-8,12-13H,9-11H2,1-2H3/b8-7+. The first-order valence-corrected chi connectivity index (χ1v) is 7.15. The van der Waals surface area contributed by atoms with Gasteiger partial charge < -0.3 is 4.90 Å². The molecule has 0 bridgehead atoms. The second-order valence-corrected chi connectivity index (χ2v) is 5.95. The molecule has 1 saturated heterocycles. The Labute approximate surface area is 120 Å². The Kier molecular flexibility index (Phi) is 4.65. The molecular weight excluding hydrogens is 258 g/mol. The van der Waals surface area contributed by atoms with Crippen molar-refractivity contribution in [3.8, 4) is 0 Å². The fourth-order valence-electron chi connectivity index (χ4n) is 2.72. The zero-order valence-electron chi connectivity index (χ0n) is 11.5. The summed E-state index contributed by atoms with van der Waals surface area (Å²) < 4.78 is 0. The molecule has 2 nitrogen and oxygen atoms in total. The minimum absolute atomic E-state index is 0.0818. The lowest BCUT2D eigenvalue weighted by molar-refractivity contribution is -0.128. The van der Waals surface area contributed by atoms with Crippen molar-refractivity contribution in [3.05, 3.63) is 40.9 Å². The molecule has 1 aliphatic rings. The summed E-state index contributed by atoms with van der Waals surface area (Å²) in [4.78, 5) is 14.1. The van der Waals surface area contributed by atoms with Crippen LogP contribution in [0.2, 0.25) is 5.02 Å². The summed E-state index contributed by atoms with van der Waals surface area (Å²) in [5.74, 6) is 1.25. The number of nitrogens with zero attached hydrogens (tertiary/aromatic N) is 1. The van der Waals surface area contributed by atoms with Crippen LogP contribution in [0.5, 0.6) is 0 Å². The van der Waals surface area contributed by atoms with Crippen LogP contribution in [0, 0.1) is 11.8 Å². The third-order valence-corrected chi connectivity index (χ3v) is 3.84. The maximum atomic E-state index is 12.2. The van der Waals surface area contributed by atoms with Gasteiger partial charge in [0.2, 0.25) is 5.91 Å². The van der Waals surface area contributed by atoms with Gasteiger partial charge in [0.15, 0.2) is 0 Å². The molecule has 2 atom stereocenters. The number of halogens is 1. The Morgan fingerprint density at radius 2 is 1.89 bits per heavy atom. The van der Waals surface area contributed by atoms with Crippen LogP contribution in [0.1, 0.15) is 25.8 Å². The molecule has 1 aliphatic heterocycles. The summed E-state index contributed by atoms with van der Waals surface area (Å²) in [5.41, 5.74) is 0.885. The molecule has 1 amide bonds. The topological polar surface area (TPSA) is 20.3 Å². The highest BCUT2D eigenvalue weighted by Crippen LogP contribution is 2.21. The lowest BCUT2D eigenvalue weighted by Crippen LogP contribution is -2.41. The van der Waals surface area contributed by atoms with Gasteiger partial charge >= 0.3 is 0 Å². The average Bonchev–Trinajstić information content (AvgIpc) is 2.36. The Balaban J connectivity index is 2.03. The summed E-state index contributed by atoms with van der Waals surface area (Å²) in [6.45, 7) is 6.12. The molecule has 102 valence electrons. The highest BCUT2D eigenvalue weighted by Gasteiger charge is 2.23. The van der Waals surface area contributed by atoms with Crippen LogP contribution in [-0.4, -0.2) is 23.9 Å². The molecule has 0 aliphatic carbocycles. The van der Waals surface area contributed by atoms with Gasteiger partial charge in [0, 0.05) is 24.2 Å². The third-order valence-electron chi connectivity index (χ3n) is 3.49. The molecule has 1 heterocycles. The van der Waals surface area contributed by atoms with Crippen LogP contribution in [0.3, 0.4) is 0 Å². The zero-order chi connectivity index (χ0) is 13.8. The van der Waals surface area contributed by atoms with Crippen LogP contribution >= 0.6 is 11.6 Å². The molecule has 2 rings (SSSR count). The number of carbonyl (C=O) groups excluding carboxylic acids is 1. The van der Waals surface area contributed by atoms with E-state index in [0.717, 1.165) is 18.7 Å². The molecule has 19 heavy (non-hydrogen) atoms. The molecule has 2 unspecified atom stereocenters. The van der Waals surface area contributed by atoms with E-state index in [1.165, 1.54) is 6.42 Å². The van der Waals surface area contributed by atoms with Gasteiger partial charge in [-0.05, 0) is 36.0 Å². The van der Waals surface area contributed by atoms with Gasteiger partial charge in [-0.3, -0.25) is 4.79 Å². The normalized spacial score (nSPS) is 23.8. The fourth-order valence-corrected chi connectivity index (χ4v) is 2.92. The van der Waals surface area contributed by atoms with E-state index in [9.17, 15) is 4.79 Å². The average molecular weight is 278 g/mol. The van der Waals surface area contributed by atoms with Gasteiger partial charge in [-0.2, -0.15) is 0 Å². The van der Waals surface area contributed by atoms with Crippen molar-refractivity contribution >= 4 is 23.6 Å². The number of piperidine rings is 1. The molecule has 0 radical (unpaired) electrons. The molecule has 0 aromatic heterocycles. The molecule has 1 fully saturated rings. The predicted octanol–water partition coefficient (Wildman–Crippen LogP) is 3.86. The van der Waals surface area contributed by atoms with Crippen molar-refractivity contribution in [2.75, 3.05) is 13.1 Å². The summed E-state index contributed by atoms with van der Waals surface area (Å²) >= 11 is 6.06. The Morgan fingerprint density at radius 1 is 1.26 bits per heavy atom. The Hall–Kier alpha value is -1.28. The first-order chi connectivity index (χ1) is 9.06. The van der Waals surface area contributed by atoms with E-state index in [-0.39, 0.29) is 5.91 Å². The molecule has 0 saturated carbocycles. The van der Waals surface area contributed by atoms with Gasteiger partial charge in [0.05, 0.1) is 0 Å². The number of amides is 1. The summed E-state index contributed by atoms with van der Waals surface area (Å²) in [5, 5.41) is 0.673. The van der Waals surface area contributed by atoms with Crippen LogP contribution in [0.15, 0.2) is 30.3 Å². The van der Waals surface area contributed by atoms with E-state index < -0.39 is 0 Å². The van der Waals surface area contributed by atoms with E-state index in [1.807, 2.05) is 29.2 Å². The highest BCUT2D eigenvalue weighted by atomic mass is 35.5. The van der Waals surface area contributed by atoms with Crippen LogP contribution in [0.25, 0.3) is 6.08 Å². The second kappa shape index (κ2) is 6.25. The first kappa shape index (κ1) is 14.1. The maximum absolute atomic E-state index is 12.2. The van der Waals surface area contributed by atoms with Crippen LogP contribution < -0.4 is 0 Å². The number of hydrogen-bond acceptors (Lipinski definition) is 1. The van der Waals surface area contributed by atoms with E-state index in [2.05, 4.69) is 13.8 Å². The van der Waals surface area contributed by atoms with Crippen molar-refractivity contribution in [1.82, 2.24) is 4.90 Å². The number of carbonyl (C=O) groups is 1. The van der Waals surface area contributed by atoms with Crippen molar-refractivity contribution in [1.29, 1.82) is 0 Å². The summed E-state index contributed by atoms with van der Waals surface area (Å²) in [6.07, 6.45) is 4.64. The lowest BCUT2D eigenvalue weighted by atomic mass is 9.92. The Bertz CT molecular complexity index is 473. The first-order valence-electron chi connectivity index (χ1n) is 6.77. The van der Waals surface area contributed by atoms with Gasteiger partial charge in [0.1, 0.15) is 0 Å². The minimum atomic E-state index is 0.0818.